The molecule has 1 heterocycles. The number of hydrogen-bond donors (Lipinski definition) is 2. The Labute approximate surface area is 172 Å². The van der Waals surface area contributed by atoms with E-state index in [0.717, 1.165) is 16.9 Å². The summed E-state index contributed by atoms with van der Waals surface area (Å²) in [5.41, 5.74) is 7.78. The maximum Gasteiger partial charge on any atom is 0.230 e. The van der Waals surface area contributed by atoms with Gasteiger partial charge < -0.3 is 20.5 Å². The first kappa shape index (κ1) is 19.9. The highest BCUT2D eigenvalue weighted by Crippen LogP contribution is 2.36. The number of amides is 1. The normalized spacial score (nSPS) is 19.3. The van der Waals surface area contributed by atoms with Crippen LogP contribution in [0.25, 0.3) is 0 Å². The minimum Gasteiger partial charge on any atom is -0.489 e. The number of carbonyl (C=O) groups excluding carboxylic acids is 1. The summed E-state index contributed by atoms with van der Waals surface area (Å²) in [6.07, 6.45) is 3.73. The van der Waals surface area contributed by atoms with Crippen LogP contribution in [0.15, 0.2) is 54.6 Å². The minimum atomic E-state index is -0.556. The second-order valence-corrected chi connectivity index (χ2v) is 8.20. The van der Waals surface area contributed by atoms with Crippen molar-refractivity contribution in [3.63, 3.8) is 0 Å². The third kappa shape index (κ3) is 4.80. The van der Waals surface area contributed by atoms with Gasteiger partial charge in [-0.15, -0.1) is 0 Å². The Kier molecular flexibility index (Phi) is 6.16. The van der Waals surface area contributed by atoms with Crippen molar-refractivity contribution in [2.45, 2.75) is 43.7 Å². The van der Waals surface area contributed by atoms with Gasteiger partial charge in [-0.25, -0.2) is 0 Å². The predicted molar refractivity (Wildman–Crippen MR) is 113 cm³/mol. The van der Waals surface area contributed by atoms with Gasteiger partial charge in [-0.3, -0.25) is 4.79 Å². The molecule has 0 radical (unpaired) electrons. The summed E-state index contributed by atoms with van der Waals surface area (Å²) >= 11 is 0. The van der Waals surface area contributed by atoms with Crippen LogP contribution in [0.1, 0.15) is 36.8 Å². The van der Waals surface area contributed by atoms with E-state index >= 15 is 0 Å². The van der Waals surface area contributed by atoms with Crippen LogP contribution < -0.4 is 15.8 Å². The fraction of sp³-hybridized carbons (Fsp3) is 0.458. The van der Waals surface area contributed by atoms with E-state index < -0.39 is 5.41 Å². The molecular weight excluding hydrogens is 364 g/mol. The van der Waals surface area contributed by atoms with Crippen molar-refractivity contribution in [3.8, 4) is 5.75 Å². The second kappa shape index (κ2) is 8.97. The van der Waals surface area contributed by atoms with Crippen LogP contribution in [0.4, 0.5) is 0 Å². The topological polar surface area (TPSA) is 73.6 Å². The number of hydrogen-bond acceptors (Lipinski definition) is 4. The monoisotopic (exact) mass is 394 g/mol. The number of rotatable bonds is 8. The highest BCUT2D eigenvalue weighted by Gasteiger charge is 2.42. The molecule has 1 aliphatic heterocycles. The summed E-state index contributed by atoms with van der Waals surface area (Å²) in [4.78, 5) is 13.2. The van der Waals surface area contributed by atoms with Gasteiger partial charge >= 0.3 is 0 Å². The molecule has 0 aromatic heterocycles. The van der Waals surface area contributed by atoms with Crippen molar-refractivity contribution in [1.29, 1.82) is 0 Å². The van der Waals surface area contributed by atoms with E-state index in [0.29, 0.717) is 45.1 Å². The second-order valence-electron chi connectivity index (χ2n) is 8.20. The van der Waals surface area contributed by atoms with E-state index in [2.05, 4.69) is 5.32 Å². The highest BCUT2D eigenvalue weighted by atomic mass is 16.5. The first-order valence-electron chi connectivity index (χ1n) is 10.6. The Hall–Kier alpha value is -2.37. The van der Waals surface area contributed by atoms with E-state index in [-0.39, 0.29) is 11.9 Å². The van der Waals surface area contributed by atoms with Gasteiger partial charge in [0.05, 0.1) is 5.41 Å². The lowest BCUT2D eigenvalue weighted by atomic mass is 9.73. The lowest BCUT2D eigenvalue weighted by Gasteiger charge is -2.36. The number of ether oxygens (including phenoxy) is 2. The zero-order valence-electron chi connectivity index (χ0n) is 16.8. The Morgan fingerprint density at radius 2 is 1.79 bits per heavy atom. The van der Waals surface area contributed by atoms with E-state index in [4.69, 9.17) is 15.2 Å². The molecule has 1 saturated heterocycles. The molecule has 3 N–H and O–H groups in total. The Bertz CT molecular complexity index is 797. The van der Waals surface area contributed by atoms with Crippen molar-refractivity contribution >= 4 is 5.91 Å². The molecule has 2 aromatic rings. The van der Waals surface area contributed by atoms with Gasteiger partial charge in [0.25, 0.3) is 0 Å². The summed E-state index contributed by atoms with van der Waals surface area (Å²) in [6.45, 7) is 2.26. The van der Waals surface area contributed by atoms with E-state index in [9.17, 15) is 4.79 Å². The van der Waals surface area contributed by atoms with Gasteiger partial charge in [0, 0.05) is 25.8 Å². The SMILES string of the molecule is NC(CNC(=O)C1(c2ccc(OCc3ccccc3)cc2)CCOCC1)C1CC1. The van der Waals surface area contributed by atoms with E-state index in [1.54, 1.807) is 0 Å². The maximum atomic E-state index is 13.2. The maximum absolute atomic E-state index is 13.2. The number of benzene rings is 2. The predicted octanol–water partition coefficient (Wildman–Crippen LogP) is 3.17. The fourth-order valence-electron chi connectivity index (χ4n) is 4.05. The standard InChI is InChI=1S/C24H30N2O3/c25-22(19-6-7-19)16-26-23(27)24(12-14-28-15-13-24)20-8-10-21(11-9-20)29-17-18-4-2-1-3-5-18/h1-5,8-11,19,22H,6-7,12-17,25H2,(H,26,27). The summed E-state index contributed by atoms with van der Waals surface area (Å²) in [6, 6.07) is 18.1. The first-order chi connectivity index (χ1) is 14.2. The molecule has 4 rings (SSSR count). The Morgan fingerprint density at radius 3 is 2.45 bits per heavy atom. The number of nitrogens with one attached hydrogen (secondary N) is 1. The molecule has 0 bridgehead atoms. The van der Waals surface area contributed by atoms with Crippen LogP contribution in [0.5, 0.6) is 5.75 Å². The third-order valence-corrected chi connectivity index (χ3v) is 6.16. The van der Waals surface area contributed by atoms with Gasteiger partial charge in [-0.2, -0.15) is 0 Å². The van der Waals surface area contributed by atoms with Crippen LogP contribution in [0.2, 0.25) is 0 Å². The molecule has 5 heteroatoms. The highest BCUT2D eigenvalue weighted by molar-refractivity contribution is 5.88. The Balaban J connectivity index is 1.43. The fourth-order valence-corrected chi connectivity index (χ4v) is 4.05. The van der Waals surface area contributed by atoms with E-state index in [1.807, 2.05) is 54.6 Å². The number of carbonyl (C=O) groups is 1. The molecule has 1 unspecified atom stereocenters. The lowest BCUT2D eigenvalue weighted by Crippen LogP contribution is -2.50. The summed E-state index contributed by atoms with van der Waals surface area (Å²) < 4.78 is 11.5. The van der Waals surface area contributed by atoms with Crippen LogP contribution >= 0.6 is 0 Å². The largest absolute Gasteiger partial charge is 0.489 e. The molecule has 2 fully saturated rings. The van der Waals surface area contributed by atoms with Gasteiger partial charge in [0.2, 0.25) is 5.91 Å². The quantitative estimate of drug-likeness (QED) is 0.721. The van der Waals surface area contributed by atoms with Gasteiger partial charge in [0.15, 0.2) is 0 Å². The van der Waals surface area contributed by atoms with Crippen LogP contribution in [0, 0.1) is 5.92 Å². The molecule has 1 aliphatic carbocycles. The van der Waals surface area contributed by atoms with Gasteiger partial charge in [-0.05, 0) is 54.9 Å². The molecule has 1 atom stereocenters. The van der Waals surface area contributed by atoms with Gasteiger partial charge in [0.1, 0.15) is 12.4 Å². The lowest BCUT2D eigenvalue weighted by molar-refractivity contribution is -0.130. The number of nitrogens with two attached hydrogens (primary N) is 1. The van der Waals surface area contributed by atoms with Crippen molar-refractivity contribution in [3.05, 3.63) is 65.7 Å². The summed E-state index contributed by atoms with van der Waals surface area (Å²) in [5.74, 6) is 1.44. The van der Waals surface area contributed by atoms with Crippen molar-refractivity contribution in [1.82, 2.24) is 5.32 Å². The molecule has 1 amide bonds. The molecule has 1 saturated carbocycles. The summed E-state index contributed by atoms with van der Waals surface area (Å²) in [7, 11) is 0. The van der Waals surface area contributed by atoms with Crippen LogP contribution in [-0.2, 0) is 21.6 Å². The van der Waals surface area contributed by atoms with E-state index in [1.165, 1.54) is 12.8 Å². The average molecular weight is 395 g/mol. The molecule has 29 heavy (non-hydrogen) atoms. The van der Waals surface area contributed by atoms with Crippen molar-refractivity contribution in [2.24, 2.45) is 11.7 Å². The first-order valence-corrected chi connectivity index (χ1v) is 10.6. The van der Waals surface area contributed by atoms with Gasteiger partial charge in [-0.1, -0.05) is 42.5 Å². The van der Waals surface area contributed by atoms with Crippen molar-refractivity contribution < 1.29 is 14.3 Å². The molecular formula is C24H30N2O3. The summed E-state index contributed by atoms with van der Waals surface area (Å²) in [5, 5.41) is 3.12. The zero-order chi connectivity index (χ0) is 20.1. The van der Waals surface area contributed by atoms with Crippen molar-refractivity contribution in [2.75, 3.05) is 19.8 Å². The smallest absolute Gasteiger partial charge is 0.230 e. The molecule has 2 aliphatic rings. The Morgan fingerprint density at radius 1 is 1.10 bits per heavy atom. The van der Waals surface area contributed by atoms with Crippen LogP contribution in [0.3, 0.4) is 0 Å². The third-order valence-electron chi connectivity index (χ3n) is 6.16. The molecule has 0 spiro atoms. The zero-order valence-corrected chi connectivity index (χ0v) is 16.8. The average Bonchev–Trinajstić information content (AvgIpc) is 3.63. The molecule has 154 valence electrons. The minimum absolute atomic E-state index is 0.0598. The van der Waals surface area contributed by atoms with Crippen LogP contribution in [-0.4, -0.2) is 31.7 Å². The molecule has 5 nitrogen and oxygen atoms in total. The molecule has 2 aromatic carbocycles.